The van der Waals surface area contributed by atoms with Crippen LogP contribution in [0.25, 0.3) is 0 Å². The zero-order valence-electron chi connectivity index (χ0n) is 12.4. The number of methoxy groups -OCH3 is 1. The first-order chi connectivity index (χ1) is 9.83. The normalized spacial score (nSPS) is 10.7. The highest BCUT2D eigenvalue weighted by molar-refractivity contribution is 5.27. The summed E-state index contributed by atoms with van der Waals surface area (Å²) in [5.41, 5.74) is 2.70. The van der Waals surface area contributed by atoms with Crippen LogP contribution in [0.1, 0.15) is 24.6 Å². The topological polar surface area (TPSA) is 26.2 Å². The van der Waals surface area contributed by atoms with Gasteiger partial charge in [-0.2, -0.15) is 0 Å². The molecule has 1 aromatic carbocycles. The van der Waals surface area contributed by atoms with Gasteiger partial charge >= 0.3 is 0 Å². The van der Waals surface area contributed by atoms with Gasteiger partial charge in [-0.15, -0.1) is 0 Å². The number of ether oxygens (including phenoxy) is 1. The maximum absolute atomic E-state index is 5.16. The number of nitrogens with one attached hydrogen (secondary N) is 1. The number of hydrogen-bond donors (Lipinski definition) is 1. The molecule has 0 saturated carbocycles. The van der Waals surface area contributed by atoms with E-state index >= 15 is 0 Å². The van der Waals surface area contributed by atoms with Crippen molar-refractivity contribution in [3.8, 4) is 5.75 Å². The van der Waals surface area contributed by atoms with Crippen molar-refractivity contribution < 1.29 is 4.74 Å². The summed E-state index contributed by atoms with van der Waals surface area (Å²) in [4.78, 5) is 0. The molecule has 0 unspecified atom stereocenters. The highest BCUT2D eigenvalue weighted by Gasteiger charge is 2.00. The molecule has 0 spiro atoms. The summed E-state index contributed by atoms with van der Waals surface area (Å²) in [6, 6.07) is 12.6. The van der Waals surface area contributed by atoms with E-state index in [9.17, 15) is 0 Å². The highest BCUT2D eigenvalue weighted by Crippen LogP contribution is 2.11. The summed E-state index contributed by atoms with van der Waals surface area (Å²) in [6.07, 6.45) is 4.37. The van der Waals surface area contributed by atoms with Crippen LogP contribution < -0.4 is 10.1 Å². The predicted octanol–water partition coefficient (Wildman–Crippen LogP) is 3.24. The summed E-state index contributed by atoms with van der Waals surface area (Å²) in [6.45, 7) is 5.23. The lowest BCUT2D eigenvalue weighted by Crippen LogP contribution is -2.18. The fourth-order valence-electron chi connectivity index (χ4n) is 2.31. The molecule has 0 aliphatic carbocycles. The zero-order valence-corrected chi connectivity index (χ0v) is 12.4. The van der Waals surface area contributed by atoms with Gasteiger partial charge in [0, 0.05) is 25.0 Å². The number of nitrogens with zero attached hydrogens (tertiary/aromatic N) is 1. The van der Waals surface area contributed by atoms with Gasteiger partial charge in [0.15, 0.2) is 0 Å². The molecule has 108 valence electrons. The van der Waals surface area contributed by atoms with Crippen molar-refractivity contribution in [3.05, 3.63) is 53.9 Å². The van der Waals surface area contributed by atoms with E-state index in [1.54, 1.807) is 7.11 Å². The average Bonchev–Trinajstić information content (AvgIpc) is 2.92. The second kappa shape index (κ2) is 7.75. The van der Waals surface area contributed by atoms with Gasteiger partial charge in [0.05, 0.1) is 7.11 Å². The van der Waals surface area contributed by atoms with Crippen LogP contribution in [-0.4, -0.2) is 18.2 Å². The fourth-order valence-corrected chi connectivity index (χ4v) is 2.31. The first-order valence-electron chi connectivity index (χ1n) is 7.31. The van der Waals surface area contributed by atoms with E-state index in [0.29, 0.717) is 0 Å². The summed E-state index contributed by atoms with van der Waals surface area (Å²) < 4.78 is 7.48. The third kappa shape index (κ3) is 4.14. The van der Waals surface area contributed by atoms with Gasteiger partial charge < -0.3 is 14.6 Å². The molecular weight excluding hydrogens is 248 g/mol. The van der Waals surface area contributed by atoms with E-state index in [1.807, 2.05) is 12.1 Å². The van der Waals surface area contributed by atoms with Gasteiger partial charge in [-0.05, 0) is 49.2 Å². The van der Waals surface area contributed by atoms with E-state index in [0.717, 1.165) is 31.8 Å². The van der Waals surface area contributed by atoms with Gasteiger partial charge in [0.25, 0.3) is 0 Å². The second-order valence-corrected chi connectivity index (χ2v) is 4.97. The molecule has 1 heterocycles. The summed E-state index contributed by atoms with van der Waals surface area (Å²) in [7, 11) is 1.70. The van der Waals surface area contributed by atoms with Crippen LogP contribution in [0.3, 0.4) is 0 Å². The summed E-state index contributed by atoms with van der Waals surface area (Å²) in [5.74, 6) is 0.916. The Labute approximate surface area is 121 Å². The molecule has 0 saturated heterocycles. The molecule has 0 aliphatic heterocycles. The predicted molar refractivity (Wildman–Crippen MR) is 83.1 cm³/mol. The SMILES string of the molecule is CCCn1cccc1CNCCc1ccc(OC)cc1. The summed E-state index contributed by atoms with van der Waals surface area (Å²) in [5, 5.41) is 3.51. The van der Waals surface area contributed by atoms with Crippen LogP contribution in [-0.2, 0) is 19.5 Å². The number of benzene rings is 1. The first kappa shape index (κ1) is 14.7. The first-order valence-corrected chi connectivity index (χ1v) is 7.31. The molecule has 0 bridgehead atoms. The molecule has 0 atom stereocenters. The third-order valence-corrected chi connectivity index (χ3v) is 3.44. The van der Waals surface area contributed by atoms with E-state index in [2.05, 4.69) is 47.3 Å². The minimum atomic E-state index is 0.916. The van der Waals surface area contributed by atoms with Crippen LogP contribution in [0.15, 0.2) is 42.6 Å². The van der Waals surface area contributed by atoms with Gasteiger partial charge in [0.1, 0.15) is 5.75 Å². The number of hydrogen-bond acceptors (Lipinski definition) is 2. The molecular formula is C17H24N2O. The Bertz CT molecular complexity index is 502. The second-order valence-electron chi connectivity index (χ2n) is 4.97. The van der Waals surface area contributed by atoms with Gasteiger partial charge in [-0.25, -0.2) is 0 Å². The molecule has 0 fully saturated rings. The van der Waals surface area contributed by atoms with Crippen LogP contribution in [0.4, 0.5) is 0 Å². The molecule has 1 aromatic heterocycles. The molecule has 3 heteroatoms. The van der Waals surface area contributed by atoms with Crippen LogP contribution in [0.5, 0.6) is 5.75 Å². The lowest BCUT2D eigenvalue weighted by molar-refractivity contribution is 0.414. The molecule has 0 amide bonds. The maximum atomic E-state index is 5.16. The number of aryl methyl sites for hydroxylation is 1. The van der Waals surface area contributed by atoms with E-state index in [1.165, 1.54) is 17.7 Å². The Kier molecular flexibility index (Phi) is 5.69. The third-order valence-electron chi connectivity index (χ3n) is 3.44. The Morgan fingerprint density at radius 2 is 1.95 bits per heavy atom. The van der Waals surface area contributed by atoms with Crippen molar-refractivity contribution in [1.29, 1.82) is 0 Å². The quantitative estimate of drug-likeness (QED) is 0.747. The smallest absolute Gasteiger partial charge is 0.118 e. The minimum absolute atomic E-state index is 0.916. The molecule has 1 N–H and O–H groups in total. The maximum Gasteiger partial charge on any atom is 0.118 e. The highest BCUT2D eigenvalue weighted by atomic mass is 16.5. The molecule has 20 heavy (non-hydrogen) atoms. The number of aromatic nitrogens is 1. The van der Waals surface area contributed by atoms with Crippen molar-refractivity contribution >= 4 is 0 Å². The van der Waals surface area contributed by atoms with Crippen LogP contribution in [0, 0.1) is 0 Å². The Balaban J connectivity index is 1.74. The minimum Gasteiger partial charge on any atom is -0.497 e. The number of rotatable bonds is 8. The van der Waals surface area contributed by atoms with E-state index in [4.69, 9.17) is 4.74 Å². The van der Waals surface area contributed by atoms with Gasteiger partial charge in [0.2, 0.25) is 0 Å². The van der Waals surface area contributed by atoms with Crippen molar-refractivity contribution in [2.45, 2.75) is 32.9 Å². The van der Waals surface area contributed by atoms with Crippen LogP contribution >= 0.6 is 0 Å². The van der Waals surface area contributed by atoms with Crippen molar-refractivity contribution in [3.63, 3.8) is 0 Å². The average molecular weight is 272 g/mol. The summed E-state index contributed by atoms with van der Waals surface area (Å²) >= 11 is 0. The zero-order chi connectivity index (χ0) is 14.2. The monoisotopic (exact) mass is 272 g/mol. The molecule has 0 aliphatic rings. The Morgan fingerprint density at radius 1 is 1.15 bits per heavy atom. The van der Waals surface area contributed by atoms with Crippen molar-refractivity contribution in [1.82, 2.24) is 9.88 Å². The molecule has 3 nitrogen and oxygen atoms in total. The van der Waals surface area contributed by atoms with Gasteiger partial charge in [-0.1, -0.05) is 19.1 Å². The molecule has 0 radical (unpaired) electrons. The largest absolute Gasteiger partial charge is 0.497 e. The lowest BCUT2D eigenvalue weighted by Gasteiger charge is -2.09. The fraction of sp³-hybridized carbons (Fsp3) is 0.412. The lowest BCUT2D eigenvalue weighted by atomic mass is 10.1. The Hall–Kier alpha value is -1.74. The van der Waals surface area contributed by atoms with E-state index < -0.39 is 0 Å². The Morgan fingerprint density at radius 3 is 2.65 bits per heavy atom. The van der Waals surface area contributed by atoms with Gasteiger partial charge in [-0.3, -0.25) is 0 Å². The molecule has 2 aromatic rings. The van der Waals surface area contributed by atoms with Crippen molar-refractivity contribution in [2.75, 3.05) is 13.7 Å². The van der Waals surface area contributed by atoms with E-state index in [-0.39, 0.29) is 0 Å². The standard InChI is InChI=1S/C17H24N2O/c1-3-12-19-13-4-5-16(19)14-18-11-10-15-6-8-17(20-2)9-7-15/h4-9,13,18H,3,10-12,14H2,1-2H3. The van der Waals surface area contributed by atoms with Crippen molar-refractivity contribution in [2.24, 2.45) is 0 Å². The van der Waals surface area contributed by atoms with Crippen LogP contribution in [0.2, 0.25) is 0 Å². The molecule has 2 rings (SSSR count).